The minimum absolute atomic E-state index is 0.0359. The molecule has 0 spiro atoms. The van der Waals surface area contributed by atoms with E-state index in [9.17, 15) is 9.90 Å². The monoisotopic (exact) mass is 265 g/mol. The summed E-state index contributed by atoms with van der Waals surface area (Å²) in [4.78, 5) is 20.8. The van der Waals surface area contributed by atoms with Gasteiger partial charge in [-0.3, -0.25) is 9.88 Å². The van der Waals surface area contributed by atoms with Gasteiger partial charge in [0.15, 0.2) is 0 Å². The molecule has 2 bridgehead atoms. The quantitative estimate of drug-likeness (QED) is 0.850. The third-order valence-corrected chi connectivity index (χ3v) is 3.52. The Kier molecular flexibility index (Phi) is 3.20. The number of hydrogen-bond donors (Lipinski definition) is 1. The van der Waals surface area contributed by atoms with Crippen molar-refractivity contribution in [2.75, 3.05) is 13.2 Å². The molecule has 102 valence electrons. The Morgan fingerprint density at radius 3 is 2.68 bits per heavy atom. The van der Waals surface area contributed by atoms with Crippen molar-refractivity contribution < 1.29 is 19.4 Å². The van der Waals surface area contributed by atoms with E-state index >= 15 is 0 Å². The smallest absolute Gasteiger partial charge is 0.407 e. The Morgan fingerprint density at radius 1 is 1.37 bits per heavy atom. The fourth-order valence-corrected chi connectivity index (χ4v) is 2.79. The number of nitrogens with zero attached hydrogens (tertiary/aromatic N) is 3. The van der Waals surface area contributed by atoms with Crippen LogP contribution in [0.3, 0.4) is 0 Å². The van der Waals surface area contributed by atoms with E-state index in [4.69, 9.17) is 9.47 Å². The lowest BCUT2D eigenvalue weighted by atomic mass is 9.92. The Balaban J connectivity index is 1.69. The maximum atomic E-state index is 11.2. The lowest BCUT2D eigenvalue weighted by Crippen LogP contribution is -2.60. The van der Waals surface area contributed by atoms with E-state index in [1.165, 1.54) is 4.90 Å². The molecule has 1 aromatic rings. The molecule has 1 amide bonds. The molecule has 1 N–H and O–H groups in total. The standard InChI is InChI=1S/C12H15N3O4/c16-12(17)15-8-3-10(4-9(15)7-18-6-8)19-11-5-13-1-2-14-11/h1-2,5,8-10H,3-4,6-7H2,(H,16,17)/t8-,9-/m0/s1. The first-order valence-electron chi connectivity index (χ1n) is 6.25. The topological polar surface area (TPSA) is 84.8 Å². The number of amides is 1. The van der Waals surface area contributed by atoms with Crippen molar-refractivity contribution in [3.8, 4) is 5.88 Å². The van der Waals surface area contributed by atoms with Crippen LogP contribution in [0.1, 0.15) is 12.8 Å². The van der Waals surface area contributed by atoms with Gasteiger partial charge in [-0.2, -0.15) is 0 Å². The number of piperidine rings is 1. The minimum Gasteiger partial charge on any atom is -0.473 e. The molecule has 0 saturated carbocycles. The van der Waals surface area contributed by atoms with Crippen LogP contribution in [-0.2, 0) is 4.74 Å². The van der Waals surface area contributed by atoms with Gasteiger partial charge in [-0.1, -0.05) is 0 Å². The number of carboxylic acid groups (broad SMARTS) is 1. The van der Waals surface area contributed by atoms with E-state index in [1.54, 1.807) is 18.6 Å². The van der Waals surface area contributed by atoms with Crippen LogP contribution in [0, 0.1) is 0 Å². The largest absolute Gasteiger partial charge is 0.473 e. The molecule has 2 fully saturated rings. The van der Waals surface area contributed by atoms with Crippen LogP contribution in [0.15, 0.2) is 18.6 Å². The average molecular weight is 265 g/mol. The van der Waals surface area contributed by atoms with Crippen LogP contribution in [0.2, 0.25) is 0 Å². The van der Waals surface area contributed by atoms with Crippen LogP contribution in [0.4, 0.5) is 4.79 Å². The van der Waals surface area contributed by atoms with Crippen LogP contribution >= 0.6 is 0 Å². The summed E-state index contributed by atoms with van der Waals surface area (Å²) in [6, 6.07) is -0.265. The summed E-state index contributed by atoms with van der Waals surface area (Å²) in [5.74, 6) is 0.482. The summed E-state index contributed by atoms with van der Waals surface area (Å²) in [6.45, 7) is 0.867. The van der Waals surface area contributed by atoms with Crippen LogP contribution in [0.25, 0.3) is 0 Å². The third kappa shape index (κ3) is 2.46. The summed E-state index contributed by atoms with van der Waals surface area (Å²) in [5, 5.41) is 9.23. The van der Waals surface area contributed by atoms with Crippen molar-refractivity contribution in [1.82, 2.24) is 14.9 Å². The van der Waals surface area contributed by atoms with Crippen molar-refractivity contribution in [1.29, 1.82) is 0 Å². The SMILES string of the molecule is O=C(O)N1[C@@H]2COC[C@@H]1CC(Oc1cnccn1)C2. The first kappa shape index (κ1) is 12.2. The number of carbonyl (C=O) groups is 1. The van der Waals surface area contributed by atoms with Gasteiger partial charge in [0.2, 0.25) is 5.88 Å². The van der Waals surface area contributed by atoms with E-state index < -0.39 is 6.09 Å². The molecule has 2 aliphatic rings. The van der Waals surface area contributed by atoms with E-state index in [0.29, 0.717) is 31.9 Å². The molecule has 7 nitrogen and oxygen atoms in total. The molecule has 2 aliphatic heterocycles. The van der Waals surface area contributed by atoms with Gasteiger partial charge in [0.1, 0.15) is 6.10 Å². The predicted molar refractivity (Wildman–Crippen MR) is 63.9 cm³/mol. The number of rotatable bonds is 2. The zero-order chi connectivity index (χ0) is 13.2. The summed E-state index contributed by atoms with van der Waals surface area (Å²) in [7, 11) is 0. The highest BCUT2D eigenvalue weighted by Crippen LogP contribution is 2.29. The number of ether oxygens (including phenoxy) is 2. The fourth-order valence-electron chi connectivity index (χ4n) is 2.79. The summed E-state index contributed by atoms with van der Waals surface area (Å²) in [6.07, 6.45) is 5.06. The molecule has 3 heterocycles. The second kappa shape index (κ2) is 5.00. The molecule has 1 aromatic heterocycles. The molecule has 19 heavy (non-hydrogen) atoms. The first-order valence-corrected chi connectivity index (χ1v) is 6.25. The molecule has 2 saturated heterocycles. The normalized spacial score (nSPS) is 29.9. The van der Waals surface area contributed by atoms with Crippen molar-refractivity contribution >= 4 is 6.09 Å². The Hall–Kier alpha value is -1.89. The lowest BCUT2D eigenvalue weighted by Gasteiger charge is -2.46. The zero-order valence-corrected chi connectivity index (χ0v) is 10.3. The van der Waals surface area contributed by atoms with Crippen LogP contribution in [0.5, 0.6) is 5.88 Å². The average Bonchev–Trinajstić information content (AvgIpc) is 2.38. The molecule has 0 aromatic carbocycles. The Labute approximate surface area is 110 Å². The second-order valence-corrected chi connectivity index (χ2v) is 4.79. The third-order valence-electron chi connectivity index (χ3n) is 3.52. The number of fused-ring (bicyclic) bond motifs is 2. The highest BCUT2D eigenvalue weighted by atomic mass is 16.5. The Bertz CT molecular complexity index is 442. The van der Waals surface area contributed by atoms with E-state index in [-0.39, 0.29) is 18.2 Å². The fraction of sp³-hybridized carbons (Fsp3) is 0.583. The van der Waals surface area contributed by atoms with Gasteiger partial charge in [0, 0.05) is 25.2 Å². The van der Waals surface area contributed by atoms with E-state index in [1.807, 2.05) is 0 Å². The van der Waals surface area contributed by atoms with Gasteiger partial charge < -0.3 is 14.6 Å². The first-order chi connectivity index (χ1) is 9.24. The molecule has 0 radical (unpaired) electrons. The second-order valence-electron chi connectivity index (χ2n) is 4.79. The Morgan fingerprint density at radius 2 is 2.11 bits per heavy atom. The van der Waals surface area contributed by atoms with Gasteiger partial charge in [-0.15, -0.1) is 0 Å². The summed E-state index contributed by atoms with van der Waals surface area (Å²) < 4.78 is 11.2. The van der Waals surface area contributed by atoms with Gasteiger partial charge in [-0.25, -0.2) is 9.78 Å². The van der Waals surface area contributed by atoms with Crippen molar-refractivity contribution in [3.63, 3.8) is 0 Å². The highest BCUT2D eigenvalue weighted by Gasteiger charge is 2.42. The lowest BCUT2D eigenvalue weighted by molar-refractivity contribution is -0.0863. The van der Waals surface area contributed by atoms with Gasteiger partial charge in [0.05, 0.1) is 31.5 Å². The minimum atomic E-state index is -0.878. The van der Waals surface area contributed by atoms with Gasteiger partial charge >= 0.3 is 6.09 Å². The summed E-state index contributed by atoms with van der Waals surface area (Å²) >= 11 is 0. The van der Waals surface area contributed by atoms with Gasteiger partial charge in [0.25, 0.3) is 0 Å². The van der Waals surface area contributed by atoms with E-state index in [0.717, 1.165) is 0 Å². The van der Waals surface area contributed by atoms with Crippen molar-refractivity contribution in [3.05, 3.63) is 18.6 Å². The molecular formula is C12H15N3O4. The molecule has 2 atom stereocenters. The van der Waals surface area contributed by atoms with Gasteiger partial charge in [-0.05, 0) is 0 Å². The zero-order valence-electron chi connectivity index (χ0n) is 10.3. The molecule has 3 rings (SSSR count). The molecule has 7 heteroatoms. The molecule has 0 unspecified atom stereocenters. The van der Waals surface area contributed by atoms with E-state index in [2.05, 4.69) is 9.97 Å². The maximum absolute atomic E-state index is 11.2. The maximum Gasteiger partial charge on any atom is 0.407 e. The number of hydrogen-bond acceptors (Lipinski definition) is 5. The number of aromatic nitrogens is 2. The predicted octanol–water partition coefficient (Wildman–Crippen LogP) is 0.765. The highest BCUT2D eigenvalue weighted by molar-refractivity contribution is 5.66. The van der Waals surface area contributed by atoms with Crippen LogP contribution < -0.4 is 4.74 Å². The molecule has 0 aliphatic carbocycles. The van der Waals surface area contributed by atoms with Crippen molar-refractivity contribution in [2.45, 2.75) is 31.0 Å². The van der Waals surface area contributed by atoms with Crippen LogP contribution in [-0.4, -0.2) is 57.5 Å². The summed E-state index contributed by atoms with van der Waals surface area (Å²) in [5.41, 5.74) is 0. The van der Waals surface area contributed by atoms with Crippen molar-refractivity contribution in [2.24, 2.45) is 0 Å². The number of morpholine rings is 1. The molecular weight excluding hydrogens is 250 g/mol.